The Kier molecular flexibility index (Phi) is 4.32. The number of hydrogen-bond acceptors (Lipinski definition) is 4. The van der Waals surface area contributed by atoms with Crippen LogP contribution >= 0.6 is 0 Å². The summed E-state index contributed by atoms with van der Waals surface area (Å²) < 4.78 is 10.7. The SMILES string of the molecule is COc1ccc2c(c1)CN(Cc1ccccc1)CC[C@H]1COC(=O)N21. The molecule has 0 radical (unpaired) electrons. The lowest BCUT2D eigenvalue weighted by atomic mass is 10.0. The van der Waals surface area contributed by atoms with Crippen LogP contribution in [0.5, 0.6) is 5.75 Å². The summed E-state index contributed by atoms with van der Waals surface area (Å²) in [5.74, 6) is 0.808. The third-order valence-corrected chi connectivity index (χ3v) is 4.93. The van der Waals surface area contributed by atoms with Gasteiger partial charge in [-0.05, 0) is 35.7 Å². The van der Waals surface area contributed by atoms with Gasteiger partial charge >= 0.3 is 6.09 Å². The summed E-state index contributed by atoms with van der Waals surface area (Å²) in [6.07, 6.45) is 0.664. The number of carbonyl (C=O) groups excluding carboxylic acids is 1. The minimum Gasteiger partial charge on any atom is -0.497 e. The monoisotopic (exact) mass is 338 g/mol. The highest BCUT2D eigenvalue weighted by molar-refractivity contribution is 5.91. The fourth-order valence-corrected chi connectivity index (χ4v) is 3.65. The molecule has 1 amide bonds. The fraction of sp³-hybridized carbons (Fsp3) is 0.350. The molecule has 25 heavy (non-hydrogen) atoms. The van der Waals surface area contributed by atoms with Crippen LogP contribution in [0, 0.1) is 0 Å². The fourth-order valence-electron chi connectivity index (χ4n) is 3.65. The third kappa shape index (κ3) is 3.20. The molecule has 2 aromatic carbocycles. The maximum Gasteiger partial charge on any atom is 0.414 e. The number of benzene rings is 2. The average Bonchev–Trinajstić information content (AvgIpc) is 2.99. The van der Waals surface area contributed by atoms with Crippen LogP contribution in [0.25, 0.3) is 0 Å². The number of cyclic esters (lactones) is 1. The molecule has 0 aliphatic carbocycles. The van der Waals surface area contributed by atoms with Gasteiger partial charge in [0.1, 0.15) is 12.4 Å². The highest BCUT2D eigenvalue weighted by atomic mass is 16.6. The molecule has 1 saturated heterocycles. The summed E-state index contributed by atoms with van der Waals surface area (Å²) in [5.41, 5.74) is 3.33. The van der Waals surface area contributed by atoms with Crippen LogP contribution in [0.3, 0.4) is 0 Å². The van der Waals surface area contributed by atoms with E-state index in [2.05, 4.69) is 29.2 Å². The number of ether oxygens (including phenoxy) is 2. The summed E-state index contributed by atoms with van der Waals surface area (Å²) in [7, 11) is 1.67. The molecule has 130 valence electrons. The molecule has 1 fully saturated rings. The van der Waals surface area contributed by atoms with E-state index < -0.39 is 0 Å². The molecular weight excluding hydrogens is 316 g/mol. The Morgan fingerprint density at radius 3 is 2.84 bits per heavy atom. The lowest BCUT2D eigenvalue weighted by molar-refractivity contribution is 0.177. The first-order valence-electron chi connectivity index (χ1n) is 8.64. The van der Waals surface area contributed by atoms with Gasteiger partial charge in [-0.3, -0.25) is 9.80 Å². The van der Waals surface area contributed by atoms with Gasteiger partial charge in [-0.25, -0.2) is 4.79 Å². The third-order valence-electron chi connectivity index (χ3n) is 4.93. The number of methoxy groups -OCH3 is 1. The van der Waals surface area contributed by atoms with Crippen molar-refractivity contribution in [3.63, 3.8) is 0 Å². The van der Waals surface area contributed by atoms with E-state index in [1.54, 1.807) is 7.11 Å². The normalized spacial score (nSPS) is 20.3. The molecule has 5 nitrogen and oxygen atoms in total. The van der Waals surface area contributed by atoms with Crippen molar-refractivity contribution in [2.75, 3.05) is 25.2 Å². The second-order valence-electron chi connectivity index (χ2n) is 6.58. The van der Waals surface area contributed by atoms with Gasteiger partial charge in [0.05, 0.1) is 18.8 Å². The van der Waals surface area contributed by atoms with Crippen molar-refractivity contribution in [3.8, 4) is 5.75 Å². The van der Waals surface area contributed by atoms with Gasteiger partial charge in [0.25, 0.3) is 0 Å². The standard InChI is InChI=1S/C20H22N2O3/c1-24-18-7-8-19-16(11-18)13-21(12-15-5-3-2-4-6-15)10-9-17-14-25-20(23)22(17)19/h2-8,11,17H,9-10,12-14H2,1H3/t17-/m0/s1. The average molecular weight is 338 g/mol. The van der Waals surface area contributed by atoms with Crippen LogP contribution < -0.4 is 9.64 Å². The summed E-state index contributed by atoms with van der Waals surface area (Å²) >= 11 is 0. The highest BCUT2D eigenvalue weighted by Gasteiger charge is 2.37. The van der Waals surface area contributed by atoms with Crippen LogP contribution in [0.1, 0.15) is 17.5 Å². The second-order valence-corrected chi connectivity index (χ2v) is 6.58. The Hall–Kier alpha value is -2.53. The van der Waals surface area contributed by atoms with Crippen molar-refractivity contribution >= 4 is 11.8 Å². The molecule has 2 aromatic rings. The molecule has 0 aromatic heterocycles. The quantitative estimate of drug-likeness (QED) is 0.860. The van der Waals surface area contributed by atoms with E-state index >= 15 is 0 Å². The van der Waals surface area contributed by atoms with Gasteiger partial charge in [0, 0.05) is 19.6 Å². The van der Waals surface area contributed by atoms with Gasteiger partial charge < -0.3 is 9.47 Å². The predicted molar refractivity (Wildman–Crippen MR) is 95.8 cm³/mol. The second kappa shape index (κ2) is 6.76. The Labute approximate surface area is 147 Å². The van der Waals surface area contributed by atoms with Crippen molar-refractivity contribution in [2.24, 2.45) is 0 Å². The minimum atomic E-state index is -0.243. The van der Waals surface area contributed by atoms with E-state index in [0.29, 0.717) is 6.61 Å². The lowest BCUT2D eigenvalue weighted by Crippen LogP contribution is -2.40. The molecule has 0 spiro atoms. The number of fused-ring (bicyclic) bond motifs is 3. The van der Waals surface area contributed by atoms with Gasteiger partial charge in [-0.1, -0.05) is 30.3 Å². The number of nitrogens with zero attached hydrogens (tertiary/aromatic N) is 2. The number of anilines is 1. The van der Waals surface area contributed by atoms with Crippen LogP contribution in [0.15, 0.2) is 48.5 Å². The van der Waals surface area contributed by atoms with Crippen molar-refractivity contribution in [1.29, 1.82) is 0 Å². The molecular formula is C20H22N2O3. The van der Waals surface area contributed by atoms with E-state index in [0.717, 1.165) is 43.1 Å². The molecule has 2 heterocycles. The number of hydrogen-bond donors (Lipinski definition) is 0. The van der Waals surface area contributed by atoms with Crippen molar-refractivity contribution < 1.29 is 14.3 Å². The lowest BCUT2D eigenvalue weighted by Gasteiger charge is -2.32. The first kappa shape index (κ1) is 16.0. The van der Waals surface area contributed by atoms with Gasteiger partial charge in [0.2, 0.25) is 0 Å². The highest BCUT2D eigenvalue weighted by Crippen LogP contribution is 2.34. The topological polar surface area (TPSA) is 42.0 Å². The smallest absolute Gasteiger partial charge is 0.414 e. The Morgan fingerprint density at radius 2 is 2.04 bits per heavy atom. The number of rotatable bonds is 3. The van der Waals surface area contributed by atoms with E-state index in [-0.39, 0.29) is 12.1 Å². The maximum atomic E-state index is 12.2. The van der Waals surface area contributed by atoms with E-state index in [1.807, 2.05) is 29.2 Å². The Bertz CT molecular complexity index is 763. The van der Waals surface area contributed by atoms with Gasteiger partial charge in [-0.15, -0.1) is 0 Å². The zero-order valence-electron chi connectivity index (χ0n) is 14.4. The van der Waals surface area contributed by atoms with Crippen molar-refractivity contribution in [2.45, 2.75) is 25.6 Å². The summed E-state index contributed by atoms with van der Waals surface area (Å²) in [6, 6.07) is 16.5. The van der Waals surface area contributed by atoms with Crippen LogP contribution in [0.2, 0.25) is 0 Å². The first-order chi connectivity index (χ1) is 12.2. The molecule has 4 rings (SSSR count). The van der Waals surface area contributed by atoms with Crippen molar-refractivity contribution in [3.05, 3.63) is 59.7 Å². The molecule has 0 bridgehead atoms. The van der Waals surface area contributed by atoms with Crippen LogP contribution in [0.4, 0.5) is 10.5 Å². The molecule has 2 aliphatic heterocycles. The predicted octanol–water partition coefficient (Wildman–Crippen LogP) is 3.43. The summed E-state index contributed by atoms with van der Waals surface area (Å²) in [4.78, 5) is 16.5. The number of carbonyl (C=O) groups is 1. The van der Waals surface area contributed by atoms with Gasteiger partial charge in [0.15, 0.2) is 0 Å². The van der Waals surface area contributed by atoms with Crippen LogP contribution in [-0.4, -0.2) is 37.3 Å². The minimum absolute atomic E-state index is 0.0956. The van der Waals surface area contributed by atoms with E-state index in [9.17, 15) is 4.79 Å². The maximum absolute atomic E-state index is 12.2. The summed E-state index contributed by atoms with van der Waals surface area (Å²) in [6.45, 7) is 3.05. The Balaban J connectivity index is 1.67. The molecule has 0 unspecified atom stereocenters. The van der Waals surface area contributed by atoms with E-state index in [1.165, 1.54) is 5.56 Å². The van der Waals surface area contributed by atoms with Crippen molar-refractivity contribution in [1.82, 2.24) is 4.90 Å². The zero-order valence-corrected chi connectivity index (χ0v) is 14.4. The van der Waals surface area contributed by atoms with Crippen LogP contribution in [-0.2, 0) is 17.8 Å². The molecule has 0 N–H and O–H groups in total. The number of amides is 1. The molecule has 0 saturated carbocycles. The molecule has 1 atom stereocenters. The summed E-state index contributed by atoms with van der Waals surface area (Å²) in [5, 5.41) is 0. The largest absolute Gasteiger partial charge is 0.497 e. The molecule has 2 aliphatic rings. The first-order valence-corrected chi connectivity index (χ1v) is 8.64. The Morgan fingerprint density at radius 1 is 1.20 bits per heavy atom. The molecule has 5 heteroatoms. The zero-order chi connectivity index (χ0) is 17.2. The van der Waals surface area contributed by atoms with E-state index in [4.69, 9.17) is 9.47 Å². The van der Waals surface area contributed by atoms with Gasteiger partial charge in [-0.2, -0.15) is 0 Å².